The van der Waals surface area contributed by atoms with E-state index in [0.717, 1.165) is 0 Å². The van der Waals surface area contributed by atoms with Crippen molar-refractivity contribution in [3.05, 3.63) is 28.3 Å². The van der Waals surface area contributed by atoms with Crippen LogP contribution in [0, 0.1) is 5.41 Å². The third-order valence-electron chi connectivity index (χ3n) is 4.73. The molecule has 162 valence electrons. The molecule has 1 rings (SSSR count). The Kier molecular flexibility index (Phi) is 8.74. The van der Waals surface area contributed by atoms with E-state index in [-0.39, 0.29) is 43.0 Å². The minimum absolute atomic E-state index is 0.0447. The lowest BCUT2D eigenvalue weighted by Crippen LogP contribution is -2.44. The Morgan fingerprint density at radius 2 is 1.90 bits per heavy atom. The number of ether oxygens (including phenoxy) is 1. The van der Waals surface area contributed by atoms with Gasteiger partial charge in [-0.3, -0.25) is 19.2 Å². The molecule has 1 aliphatic carbocycles. The van der Waals surface area contributed by atoms with Crippen LogP contribution in [0.2, 0.25) is 0 Å². The van der Waals surface area contributed by atoms with Crippen molar-refractivity contribution in [1.82, 2.24) is 5.32 Å². The minimum Gasteiger partial charge on any atom is -0.464 e. The fraction of sp³-hybridized carbons (Fsp3) is 0.524. The molecular weight excluding hydrogens is 390 g/mol. The number of Topliss-reactive ketones (excluding diaryl/α,β-unsaturated/α-hetero) is 2. The number of nitrogens with zero attached hydrogens (tertiary/aromatic N) is 2. The lowest BCUT2D eigenvalue weighted by Gasteiger charge is -2.30. The summed E-state index contributed by atoms with van der Waals surface area (Å²) in [5, 5.41) is 2.54. The Morgan fingerprint density at radius 1 is 1.27 bits per heavy atom. The number of nitrogens with one attached hydrogen (secondary N) is 1. The van der Waals surface area contributed by atoms with E-state index in [1.807, 2.05) is 0 Å². The van der Waals surface area contributed by atoms with Crippen LogP contribution in [0.15, 0.2) is 22.8 Å². The quantitative estimate of drug-likeness (QED) is 0.188. The monoisotopic (exact) mass is 417 g/mol. The summed E-state index contributed by atoms with van der Waals surface area (Å²) in [4.78, 5) is 63.7. The standard InChI is InChI=1S/C21H27N3O6/c1-6-30-20(29)15(8-7-14(25)11-23-22)24-17(27)10-21(4,5)18-13(3)19(28)12(2)9-16(18)26/h9,11,15H,6-8,10H2,1-5H3,(H,24,27)/t15-/m0/s1. The Bertz CT molecular complexity index is 875. The Morgan fingerprint density at radius 3 is 2.47 bits per heavy atom. The fourth-order valence-corrected chi connectivity index (χ4v) is 3.41. The summed E-state index contributed by atoms with van der Waals surface area (Å²) in [6.45, 7) is 8.17. The molecule has 1 amide bonds. The molecule has 0 saturated carbocycles. The molecule has 1 aliphatic rings. The van der Waals surface area contributed by atoms with Gasteiger partial charge in [0, 0.05) is 35.0 Å². The molecule has 1 N–H and O–H groups in total. The molecular formula is C21H27N3O6. The smallest absolute Gasteiger partial charge is 0.328 e. The predicted molar refractivity (Wildman–Crippen MR) is 107 cm³/mol. The number of carbonyl (C=O) groups is 5. The fourth-order valence-electron chi connectivity index (χ4n) is 3.41. The number of esters is 1. The number of hydrogen-bond donors (Lipinski definition) is 1. The Hall–Kier alpha value is -3.19. The average Bonchev–Trinajstić information content (AvgIpc) is 2.62. The molecule has 0 fully saturated rings. The van der Waals surface area contributed by atoms with Crippen molar-refractivity contribution in [1.29, 1.82) is 0 Å². The normalized spacial score (nSPS) is 15.2. The zero-order chi connectivity index (χ0) is 23.1. The summed E-state index contributed by atoms with van der Waals surface area (Å²) in [7, 11) is 0. The van der Waals surface area contributed by atoms with Crippen LogP contribution in [0.5, 0.6) is 0 Å². The van der Waals surface area contributed by atoms with Crippen LogP contribution < -0.4 is 5.32 Å². The van der Waals surface area contributed by atoms with E-state index < -0.39 is 29.1 Å². The van der Waals surface area contributed by atoms with Gasteiger partial charge in [-0.25, -0.2) is 4.79 Å². The van der Waals surface area contributed by atoms with E-state index in [2.05, 4.69) is 10.1 Å². The van der Waals surface area contributed by atoms with Crippen molar-refractivity contribution in [3.8, 4) is 0 Å². The summed E-state index contributed by atoms with van der Waals surface area (Å²) in [6.07, 6.45) is 1.63. The van der Waals surface area contributed by atoms with Crippen molar-refractivity contribution in [2.75, 3.05) is 6.61 Å². The van der Waals surface area contributed by atoms with Gasteiger partial charge in [-0.2, -0.15) is 4.79 Å². The second kappa shape index (κ2) is 10.5. The van der Waals surface area contributed by atoms with Gasteiger partial charge < -0.3 is 15.6 Å². The second-order valence-electron chi connectivity index (χ2n) is 7.70. The molecule has 0 aromatic carbocycles. The number of allylic oxidation sites excluding steroid dienone is 4. The van der Waals surface area contributed by atoms with Gasteiger partial charge in [0.15, 0.2) is 11.6 Å². The van der Waals surface area contributed by atoms with Gasteiger partial charge in [0.25, 0.3) is 0 Å². The van der Waals surface area contributed by atoms with E-state index in [9.17, 15) is 24.0 Å². The molecule has 0 saturated heterocycles. The molecule has 1 atom stereocenters. The van der Waals surface area contributed by atoms with Crippen LogP contribution in [-0.2, 0) is 28.7 Å². The van der Waals surface area contributed by atoms with Gasteiger partial charge >= 0.3 is 12.2 Å². The maximum absolute atomic E-state index is 12.6. The highest BCUT2D eigenvalue weighted by Gasteiger charge is 2.37. The Balaban J connectivity index is 2.97. The maximum atomic E-state index is 12.6. The zero-order valence-electron chi connectivity index (χ0n) is 17.9. The molecule has 9 heteroatoms. The van der Waals surface area contributed by atoms with E-state index in [1.54, 1.807) is 34.6 Å². The molecule has 9 nitrogen and oxygen atoms in total. The van der Waals surface area contributed by atoms with Crippen LogP contribution in [-0.4, -0.2) is 52.9 Å². The summed E-state index contributed by atoms with van der Waals surface area (Å²) >= 11 is 0. The van der Waals surface area contributed by atoms with Crippen molar-refractivity contribution in [2.24, 2.45) is 5.41 Å². The van der Waals surface area contributed by atoms with Gasteiger partial charge in [0.05, 0.1) is 6.61 Å². The zero-order valence-corrected chi connectivity index (χ0v) is 17.9. The third kappa shape index (κ3) is 6.42. The first kappa shape index (κ1) is 24.8. The van der Waals surface area contributed by atoms with Crippen LogP contribution in [0.1, 0.15) is 53.9 Å². The second-order valence-corrected chi connectivity index (χ2v) is 7.70. The molecule has 0 bridgehead atoms. The average molecular weight is 417 g/mol. The third-order valence-corrected chi connectivity index (χ3v) is 4.73. The molecule has 0 aromatic rings. The highest BCUT2D eigenvalue weighted by Crippen LogP contribution is 2.36. The van der Waals surface area contributed by atoms with Crippen LogP contribution >= 0.6 is 0 Å². The summed E-state index contributed by atoms with van der Waals surface area (Å²) in [5.74, 6) is -2.32. The largest absolute Gasteiger partial charge is 0.464 e. The number of rotatable bonds is 10. The van der Waals surface area contributed by atoms with Crippen LogP contribution in [0.3, 0.4) is 0 Å². The summed E-state index contributed by atoms with van der Waals surface area (Å²) in [5.41, 5.74) is 8.34. The van der Waals surface area contributed by atoms with Crippen molar-refractivity contribution in [3.63, 3.8) is 0 Å². The first-order valence-corrected chi connectivity index (χ1v) is 9.59. The summed E-state index contributed by atoms with van der Waals surface area (Å²) in [6, 6.07) is -1.08. The van der Waals surface area contributed by atoms with Gasteiger partial charge in [-0.1, -0.05) is 13.8 Å². The minimum atomic E-state index is -1.08. The number of amides is 1. The van der Waals surface area contributed by atoms with E-state index in [1.165, 1.54) is 6.08 Å². The Labute approximate surface area is 175 Å². The van der Waals surface area contributed by atoms with Gasteiger partial charge in [-0.15, -0.1) is 0 Å². The predicted octanol–water partition coefficient (Wildman–Crippen LogP) is 1.52. The van der Waals surface area contributed by atoms with E-state index in [0.29, 0.717) is 17.4 Å². The lowest BCUT2D eigenvalue weighted by atomic mass is 9.73. The topological polar surface area (TPSA) is 143 Å². The molecule has 0 spiro atoms. The van der Waals surface area contributed by atoms with Gasteiger partial charge in [0.2, 0.25) is 11.7 Å². The molecule has 0 unspecified atom stereocenters. The first-order valence-electron chi connectivity index (χ1n) is 9.59. The van der Waals surface area contributed by atoms with Crippen molar-refractivity contribution < 1.29 is 33.5 Å². The number of carbonyl (C=O) groups excluding carboxylic acids is 5. The highest BCUT2D eigenvalue weighted by molar-refractivity contribution is 6.25. The van der Waals surface area contributed by atoms with Crippen molar-refractivity contribution in [2.45, 2.75) is 59.9 Å². The van der Waals surface area contributed by atoms with Crippen LogP contribution in [0.4, 0.5) is 0 Å². The molecule has 0 aromatic heterocycles. The van der Waals surface area contributed by atoms with Crippen molar-refractivity contribution >= 4 is 35.4 Å². The lowest BCUT2D eigenvalue weighted by molar-refractivity contribution is -0.148. The van der Waals surface area contributed by atoms with Gasteiger partial charge in [0.1, 0.15) is 6.04 Å². The molecule has 30 heavy (non-hydrogen) atoms. The van der Waals surface area contributed by atoms with E-state index >= 15 is 0 Å². The molecule has 0 radical (unpaired) electrons. The maximum Gasteiger partial charge on any atom is 0.328 e. The first-order chi connectivity index (χ1) is 13.9. The highest BCUT2D eigenvalue weighted by atomic mass is 16.5. The molecule has 0 aliphatic heterocycles. The van der Waals surface area contributed by atoms with Gasteiger partial charge in [-0.05, 0) is 33.3 Å². The molecule has 0 heterocycles. The number of ketones is 3. The number of hydrogen-bond acceptors (Lipinski definition) is 6. The van der Waals surface area contributed by atoms with Crippen LogP contribution in [0.25, 0.3) is 5.53 Å². The SMILES string of the molecule is CCOC(=O)[C@H](CCC(=O)C=[N+]=[N-])NC(=O)CC(C)(C)C1=C(C)C(=O)C(C)=CC1=O. The summed E-state index contributed by atoms with van der Waals surface area (Å²) < 4.78 is 4.94. The van der Waals surface area contributed by atoms with E-state index in [4.69, 9.17) is 10.3 Å².